The van der Waals surface area contributed by atoms with Gasteiger partial charge in [0, 0.05) is 19.8 Å². The largest absolute Gasteiger partial charge is 0.396 e. The van der Waals surface area contributed by atoms with Crippen molar-refractivity contribution in [1.82, 2.24) is 5.32 Å². The van der Waals surface area contributed by atoms with E-state index in [2.05, 4.69) is 26.1 Å². The van der Waals surface area contributed by atoms with Crippen LogP contribution in [0.4, 0.5) is 0 Å². The van der Waals surface area contributed by atoms with Gasteiger partial charge < -0.3 is 15.2 Å². The van der Waals surface area contributed by atoms with Gasteiger partial charge in [-0.25, -0.2) is 0 Å². The first kappa shape index (κ1) is 14.9. The van der Waals surface area contributed by atoms with E-state index in [9.17, 15) is 0 Å². The second-order valence-electron chi connectivity index (χ2n) is 4.30. The Labute approximate surface area is 94.2 Å². The first-order valence-corrected chi connectivity index (χ1v) is 6.02. The predicted octanol–water partition coefficient (Wildman–Crippen LogP) is 1.80. The van der Waals surface area contributed by atoms with Crippen LogP contribution in [-0.2, 0) is 4.74 Å². The molecule has 15 heavy (non-hydrogen) atoms. The summed E-state index contributed by atoms with van der Waals surface area (Å²) in [7, 11) is 1.74. The number of aliphatic hydroxyl groups is 1. The summed E-state index contributed by atoms with van der Waals surface area (Å²) in [5.41, 5.74) is 0. The first-order valence-electron chi connectivity index (χ1n) is 6.02. The van der Waals surface area contributed by atoms with Crippen molar-refractivity contribution in [2.24, 2.45) is 5.92 Å². The molecule has 0 radical (unpaired) electrons. The number of hydrogen-bond donors (Lipinski definition) is 2. The summed E-state index contributed by atoms with van der Waals surface area (Å²) in [6.07, 6.45) is 3.50. The quantitative estimate of drug-likeness (QED) is 0.619. The molecule has 0 saturated carbocycles. The van der Waals surface area contributed by atoms with Crippen LogP contribution >= 0.6 is 0 Å². The SMILES string of the molecule is CCCC(CCO)CNC(C)C(C)OC. The highest BCUT2D eigenvalue weighted by molar-refractivity contribution is 4.71. The van der Waals surface area contributed by atoms with E-state index in [1.165, 1.54) is 12.8 Å². The van der Waals surface area contributed by atoms with Crippen LogP contribution in [0.3, 0.4) is 0 Å². The second-order valence-corrected chi connectivity index (χ2v) is 4.30. The molecule has 0 aliphatic rings. The van der Waals surface area contributed by atoms with Crippen molar-refractivity contribution in [2.45, 2.75) is 52.2 Å². The van der Waals surface area contributed by atoms with E-state index >= 15 is 0 Å². The average Bonchev–Trinajstić information content (AvgIpc) is 2.25. The summed E-state index contributed by atoms with van der Waals surface area (Å²) in [6.45, 7) is 7.66. The minimum atomic E-state index is 0.237. The standard InChI is InChI=1S/C12H27NO2/c1-5-6-12(7-8-14)9-13-10(2)11(3)15-4/h10-14H,5-9H2,1-4H3. The van der Waals surface area contributed by atoms with Gasteiger partial charge in [0.15, 0.2) is 0 Å². The maximum Gasteiger partial charge on any atom is 0.0693 e. The molecule has 0 aliphatic carbocycles. The molecule has 3 atom stereocenters. The zero-order valence-electron chi connectivity index (χ0n) is 10.6. The van der Waals surface area contributed by atoms with Crippen molar-refractivity contribution in [3.8, 4) is 0 Å². The summed E-state index contributed by atoms with van der Waals surface area (Å²) in [5, 5.41) is 12.4. The molecule has 3 unspecified atom stereocenters. The monoisotopic (exact) mass is 217 g/mol. The lowest BCUT2D eigenvalue weighted by Crippen LogP contribution is -2.39. The smallest absolute Gasteiger partial charge is 0.0693 e. The van der Waals surface area contributed by atoms with Crippen LogP contribution in [-0.4, -0.2) is 37.5 Å². The van der Waals surface area contributed by atoms with Crippen LogP contribution in [0, 0.1) is 5.92 Å². The predicted molar refractivity (Wildman–Crippen MR) is 64.0 cm³/mol. The molecule has 0 rings (SSSR count). The molecular formula is C12H27NO2. The van der Waals surface area contributed by atoms with Gasteiger partial charge in [-0.1, -0.05) is 13.3 Å². The highest BCUT2D eigenvalue weighted by Gasteiger charge is 2.13. The molecule has 0 aromatic rings. The number of hydrogen-bond acceptors (Lipinski definition) is 3. The number of ether oxygens (including phenoxy) is 1. The van der Waals surface area contributed by atoms with Gasteiger partial charge in [-0.3, -0.25) is 0 Å². The fourth-order valence-electron chi connectivity index (χ4n) is 1.66. The third-order valence-electron chi connectivity index (χ3n) is 3.04. The average molecular weight is 217 g/mol. The van der Waals surface area contributed by atoms with Crippen molar-refractivity contribution in [3.05, 3.63) is 0 Å². The number of methoxy groups -OCH3 is 1. The van der Waals surface area contributed by atoms with Crippen molar-refractivity contribution in [1.29, 1.82) is 0 Å². The number of aliphatic hydroxyl groups excluding tert-OH is 1. The molecule has 0 aromatic heterocycles. The van der Waals surface area contributed by atoms with Crippen LogP contribution in [0.5, 0.6) is 0 Å². The Kier molecular flexibility index (Phi) is 9.06. The van der Waals surface area contributed by atoms with Gasteiger partial charge in [-0.05, 0) is 39.2 Å². The molecule has 0 spiro atoms. The third kappa shape index (κ3) is 6.88. The Morgan fingerprint density at radius 2 is 1.93 bits per heavy atom. The Balaban J connectivity index is 3.76. The lowest BCUT2D eigenvalue weighted by Gasteiger charge is -2.23. The van der Waals surface area contributed by atoms with E-state index in [4.69, 9.17) is 9.84 Å². The molecule has 0 bridgehead atoms. The summed E-state index contributed by atoms with van der Waals surface area (Å²) in [6, 6.07) is 0.369. The Hall–Kier alpha value is -0.120. The first-order chi connectivity index (χ1) is 7.15. The molecule has 0 amide bonds. The molecule has 3 nitrogen and oxygen atoms in total. The zero-order chi connectivity index (χ0) is 11.7. The maximum absolute atomic E-state index is 8.93. The molecule has 0 heterocycles. The Morgan fingerprint density at radius 1 is 1.27 bits per heavy atom. The Bertz CT molecular complexity index is 136. The topological polar surface area (TPSA) is 41.5 Å². The third-order valence-corrected chi connectivity index (χ3v) is 3.04. The lowest BCUT2D eigenvalue weighted by molar-refractivity contribution is 0.0863. The summed E-state index contributed by atoms with van der Waals surface area (Å²) in [4.78, 5) is 0. The summed E-state index contributed by atoms with van der Waals surface area (Å²) >= 11 is 0. The summed E-state index contributed by atoms with van der Waals surface area (Å²) in [5.74, 6) is 0.589. The van der Waals surface area contributed by atoms with Gasteiger partial charge in [-0.2, -0.15) is 0 Å². The molecule has 0 aliphatic heterocycles. The van der Waals surface area contributed by atoms with Gasteiger partial charge in [-0.15, -0.1) is 0 Å². The fourth-order valence-corrected chi connectivity index (χ4v) is 1.66. The molecule has 0 fully saturated rings. The van der Waals surface area contributed by atoms with Crippen molar-refractivity contribution < 1.29 is 9.84 Å². The van der Waals surface area contributed by atoms with Crippen LogP contribution in [0.1, 0.15) is 40.0 Å². The van der Waals surface area contributed by atoms with Crippen LogP contribution < -0.4 is 5.32 Å². The normalized spacial score (nSPS) is 17.4. The molecule has 3 heteroatoms. The zero-order valence-corrected chi connectivity index (χ0v) is 10.6. The molecule has 92 valence electrons. The maximum atomic E-state index is 8.93. The van der Waals surface area contributed by atoms with Gasteiger partial charge in [0.25, 0.3) is 0 Å². The van der Waals surface area contributed by atoms with Crippen molar-refractivity contribution in [2.75, 3.05) is 20.3 Å². The van der Waals surface area contributed by atoms with Crippen molar-refractivity contribution >= 4 is 0 Å². The van der Waals surface area contributed by atoms with Crippen LogP contribution in [0.25, 0.3) is 0 Å². The van der Waals surface area contributed by atoms with Gasteiger partial charge in [0.05, 0.1) is 6.10 Å². The second kappa shape index (κ2) is 9.13. The minimum Gasteiger partial charge on any atom is -0.396 e. The molecule has 0 saturated heterocycles. The molecular weight excluding hydrogens is 190 g/mol. The van der Waals surface area contributed by atoms with Gasteiger partial charge >= 0.3 is 0 Å². The van der Waals surface area contributed by atoms with Gasteiger partial charge in [0.2, 0.25) is 0 Å². The molecule has 2 N–H and O–H groups in total. The number of rotatable bonds is 9. The van der Waals surface area contributed by atoms with E-state index in [1.807, 2.05) is 0 Å². The van der Waals surface area contributed by atoms with E-state index in [1.54, 1.807) is 7.11 Å². The molecule has 0 aromatic carbocycles. The van der Waals surface area contributed by atoms with E-state index in [0.29, 0.717) is 18.6 Å². The van der Waals surface area contributed by atoms with Crippen LogP contribution in [0.15, 0.2) is 0 Å². The van der Waals surface area contributed by atoms with Crippen molar-refractivity contribution in [3.63, 3.8) is 0 Å². The Morgan fingerprint density at radius 3 is 2.40 bits per heavy atom. The highest BCUT2D eigenvalue weighted by atomic mass is 16.5. The highest BCUT2D eigenvalue weighted by Crippen LogP contribution is 2.10. The van der Waals surface area contributed by atoms with E-state index < -0.39 is 0 Å². The van der Waals surface area contributed by atoms with E-state index in [-0.39, 0.29) is 6.10 Å². The number of nitrogens with one attached hydrogen (secondary N) is 1. The summed E-state index contributed by atoms with van der Waals surface area (Å²) < 4.78 is 5.25. The van der Waals surface area contributed by atoms with Crippen LogP contribution in [0.2, 0.25) is 0 Å². The minimum absolute atomic E-state index is 0.237. The fraction of sp³-hybridized carbons (Fsp3) is 1.00. The van der Waals surface area contributed by atoms with Gasteiger partial charge in [0.1, 0.15) is 0 Å². The van der Waals surface area contributed by atoms with E-state index in [0.717, 1.165) is 13.0 Å². The lowest BCUT2D eigenvalue weighted by atomic mass is 9.99.